The number of halogens is 1. The Hall–Kier alpha value is -2.20. The van der Waals surface area contributed by atoms with Gasteiger partial charge in [-0.3, -0.25) is 4.79 Å². The van der Waals surface area contributed by atoms with Crippen LogP contribution in [0.2, 0.25) is 0 Å². The number of amides is 1. The van der Waals surface area contributed by atoms with Crippen LogP contribution in [0.5, 0.6) is 0 Å². The molecule has 0 unspecified atom stereocenters. The molecule has 1 fully saturated rings. The van der Waals surface area contributed by atoms with Crippen molar-refractivity contribution in [3.05, 3.63) is 71.5 Å². The maximum atomic E-state index is 13.0. The summed E-state index contributed by atoms with van der Waals surface area (Å²) in [5, 5.41) is 10.0. The molecule has 24 heavy (non-hydrogen) atoms. The summed E-state index contributed by atoms with van der Waals surface area (Å²) in [5.41, 5.74) is 2.00. The first kappa shape index (κ1) is 16.7. The van der Waals surface area contributed by atoms with Crippen LogP contribution in [0.4, 0.5) is 4.39 Å². The number of rotatable bonds is 4. The van der Waals surface area contributed by atoms with Crippen LogP contribution in [0.15, 0.2) is 54.6 Å². The van der Waals surface area contributed by atoms with E-state index in [1.54, 1.807) is 17.0 Å². The lowest BCUT2D eigenvalue weighted by Crippen LogP contribution is -2.32. The average Bonchev–Trinajstić information content (AvgIpc) is 2.98. The summed E-state index contributed by atoms with van der Waals surface area (Å²) in [6.07, 6.45) is 0.433. The standard InChI is InChI=1S/C20H22FNO2/c1-14(15-7-9-17(21)10-8-15)11-20(24)22-13-18(23)12-19(22)16-5-3-2-4-6-16/h2-10,14,18-19,23H,11-13H2,1H3/t14-,18+,19-/m1/s1. The summed E-state index contributed by atoms with van der Waals surface area (Å²) in [6, 6.07) is 16.0. The summed E-state index contributed by atoms with van der Waals surface area (Å²) in [5.74, 6) is -0.242. The van der Waals surface area contributed by atoms with Crippen LogP contribution in [0.25, 0.3) is 0 Å². The molecule has 0 spiro atoms. The second kappa shape index (κ2) is 7.14. The molecule has 1 amide bonds. The molecule has 2 aromatic rings. The molecule has 4 heteroatoms. The Morgan fingerprint density at radius 2 is 1.88 bits per heavy atom. The molecule has 3 nitrogen and oxygen atoms in total. The number of aliphatic hydroxyl groups is 1. The molecule has 0 aromatic heterocycles. The number of aliphatic hydroxyl groups excluding tert-OH is 1. The highest BCUT2D eigenvalue weighted by molar-refractivity contribution is 5.78. The Balaban J connectivity index is 1.72. The van der Waals surface area contributed by atoms with Gasteiger partial charge in [0.15, 0.2) is 0 Å². The highest BCUT2D eigenvalue weighted by Crippen LogP contribution is 2.33. The van der Waals surface area contributed by atoms with Gasteiger partial charge in [-0.25, -0.2) is 4.39 Å². The number of hydrogen-bond donors (Lipinski definition) is 1. The van der Waals surface area contributed by atoms with Gasteiger partial charge in [0.1, 0.15) is 5.82 Å². The molecule has 1 heterocycles. The van der Waals surface area contributed by atoms with Crippen molar-refractivity contribution in [1.29, 1.82) is 0 Å². The Labute approximate surface area is 141 Å². The first-order valence-corrected chi connectivity index (χ1v) is 8.32. The number of nitrogens with zero attached hydrogens (tertiary/aromatic N) is 1. The monoisotopic (exact) mass is 327 g/mol. The molecule has 0 radical (unpaired) electrons. The molecular weight excluding hydrogens is 305 g/mol. The highest BCUT2D eigenvalue weighted by atomic mass is 19.1. The fraction of sp³-hybridized carbons (Fsp3) is 0.350. The quantitative estimate of drug-likeness (QED) is 0.931. The highest BCUT2D eigenvalue weighted by Gasteiger charge is 2.35. The van der Waals surface area contributed by atoms with E-state index in [1.807, 2.05) is 37.3 Å². The van der Waals surface area contributed by atoms with Gasteiger partial charge in [0.2, 0.25) is 5.91 Å². The van der Waals surface area contributed by atoms with Crippen LogP contribution in [0.1, 0.15) is 42.9 Å². The number of hydrogen-bond acceptors (Lipinski definition) is 2. The minimum atomic E-state index is -0.486. The number of carbonyl (C=O) groups is 1. The van der Waals surface area contributed by atoms with E-state index >= 15 is 0 Å². The lowest BCUT2D eigenvalue weighted by molar-refractivity contribution is -0.132. The second-order valence-corrected chi connectivity index (χ2v) is 6.52. The van der Waals surface area contributed by atoms with Gasteiger partial charge in [0.25, 0.3) is 0 Å². The fourth-order valence-electron chi connectivity index (χ4n) is 3.37. The molecule has 1 N–H and O–H groups in total. The van der Waals surface area contributed by atoms with Gasteiger partial charge in [0, 0.05) is 13.0 Å². The Kier molecular flexibility index (Phi) is 4.95. The maximum Gasteiger partial charge on any atom is 0.223 e. The van der Waals surface area contributed by atoms with E-state index in [0.29, 0.717) is 19.4 Å². The SMILES string of the molecule is C[C@H](CC(=O)N1C[C@@H](O)C[C@@H]1c1ccccc1)c1ccc(F)cc1. The minimum Gasteiger partial charge on any atom is -0.391 e. The third-order valence-corrected chi connectivity index (χ3v) is 4.70. The van der Waals surface area contributed by atoms with Crippen molar-refractivity contribution < 1.29 is 14.3 Å². The van der Waals surface area contributed by atoms with Gasteiger partial charge in [0.05, 0.1) is 12.1 Å². The fourth-order valence-corrected chi connectivity index (χ4v) is 3.37. The van der Waals surface area contributed by atoms with Crippen LogP contribution in [-0.2, 0) is 4.79 Å². The Morgan fingerprint density at radius 1 is 1.21 bits per heavy atom. The zero-order chi connectivity index (χ0) is 17.1. The smallest absolute Gasteiger partial charge is 0.223 e. The van der Waals surface area contributed by atoms with Crippen molar-refractivity contribution >= 4 is 5.91 Å². The molecular formula is C20H22FNO2. The third kappa shape index (κ3) is 3.65. The molecule has 0 bridgehead atoms. The van der Waals surface area contributed by atoms with Gasteiger partial charge in [-0.2, -0.15) is 0 Å². The van der Waals surface area contributed by atoms with Crippen LogP contribution in [0.3, 0.4) is 0 Å². The lowest BCUT2D eigenvalue weighted by atomic mass is 9.96. The number of benzene rings is 2. The number of β-amino-alcohol motifs (C(OH)–C–C–N with tert-alkyl or cyclic N) is 1. The van der Waals surface area contributed by atoms with Gasteiger partial charge in [-0.15, -0.1) is 0 Å². The molecule has 0 saturated carbocycles. The van der Waals surface area contributed by atoms with Gasteiger partial charge in [-0.1, -0.05) is 49.4 Å². The van der Waals surface area contributed by atoms with Crippen LogP contribution < -0.4 is 0 Å². The van der Waals surface area contributed by atoms with Crippen molar-refractivity contribution in [3.8, 4) is 0 Å². The van der Waals surface area contributed by atoms with E-state index in [-0.39, 0.29) is 23.7 Å². The maximum absolute atomic E-state index is 13.0. The van der Waals surface area contributed by atoms with Crippen LogP contribution in [-0.4, -0.2) is 28.6 Å². The van der Waals surface area contributed by atoms with E-state index in [4.69, 9.17) is 0 Å². The molecule has 3 rings (SSSR count). The normalized spacial score (nSPS) is 21.7. The number of carbonyl (C=O) groups excluding carboxylic acids is 1. The van der Waals surface area contributed by atoms with E-state index in [2.05, 4.69) is 0 Å². The summed E-state index contributed by atoms with van der Waals surface area (Å²) >= 11 is 0. The largest absolute Gasteiger partial charge is 0.391 e. The third-order valence-electron chi connectivity index (χ3n) is 4.70. The molecule has 0 aliphatic carbocycles. The van der Waals surface area contributed by atoms with Crippen LogP contribution in [0, 0.1) is 5.82 Å². The van der Waals surface area contributed by atoms with E-state index in [1.165, 1.54) is 12.1 Å². The van der Waals surface area contributed by atoms with Crippen molar-refractivity contribution in [1.82, 2.24) is 4.90 Å². The van der Waals surface area contributed by atoms with Crippen molar-refractivity contribution in [3.63, 3.8) is 0 Å². The lowest BCUT2D eigenvalue weighted by Gasteiger charge is -2.26. The predicted molar refractivity (Wildman–Crippen MR) is 91.0 cm³/mol. The first-order chi connectivity index (χ1) is 11.5. The van der Waals surface area contributed by atoms with Crippen LogP contribution >= 0.6 is 0 Å². The molecule has 1 aliphatic heterocycles. The summed E-state index contributed by atoms with van der Waals surface area (Å²) in [4.78, 5) is 14.5. The van der Waals surface area contributed by atoms with Gasteiger partial charge >= 0.3 is 0 Å². The first-order valence-electron chi connectivity index (χ1n) is 8.32. The molecule has 1 aliphatic rings. The van der Waals surface area contributed by atoms with E-state index in [9.17, 15) is 14.3 Å². The molecule has 126 valence electrons. The second-order valence-electron chi connectivity index (χ2n) is 6.52. The van der Waals surface area contributed by atoms with Gasteiger partial charge < -0.3 is 10.0 Å². The average molecular weight is 327 g/mol. The Bertz CT molecular complexity index is 687. The predicted octanol–water partition coefficient (Wildman–Crippen LogP) is 3.65. The zero-order valence-electron chi connectivity index (χ0n) is 13.7. The summed E-state index contributed by atoms with van der Waals surface area (Å²) in [6.45, 7) is 2.34. The van der Waals surface area contributed by atoms with Crippen molar-refractivity contribution in [2.24, 2.45) is 0 Å². The zero-order valence-corrected chi connectivity index (χ0v) is 13.7. The van der Waals surface area contributed by atoms with E-state index < -0.39 is 6.10 Å². The summed E-state index contributed by atoms with van der Waals surface area (Å²) in [7, 11) is 0. The molecule has 2 aromatic carbocycles. The minimum absolute atomic E-state index is 0.00673. The van der Waals surface area contributed by atoms with Gasteiger partial charge in [-0.05, 0) is 35.6 Å². The molecule has 1 saturated heterocycles. The number of likely N-dealkylation sites (tertiary alicyclic amines) is 1. The topological polar surface area (TPSA) is 40.5 Å². The van der Waals surface area contributed by atoms with Crippen molar-refractivity contribution in [2.45, 2.75) is 37.8 Å². The van der Waals surface area contributed by atoms with E-state index in [0.717, 1.165) is 11.1 Å². The summed E-state index contributed by atoms with van der Waals surface area (Å²) < 4.78 is 13.0. The molecule has 3 atom stereocenters. The Morgan fingerprint density at radius 3 is 2.54 bits per heavy atom. The van der Waals surface area contributed by atoms with Crippen molar-refractivity contribution in [2.75, 3.05) is 6.54 Å².